The molecule has 2 N–H and O–H groups in total. The third-order valence-corrected chi connectivity index (χ3v) is 5.79. The van der Waals surface area contributed by atoms with Crippen molar-refractivity contribution in [3.63, 3.8) is 0 Å². The lowest BCUT2D eigenvalue weighted by Gasteiger charge is -2.34. The number of carbonyl (C=O) groups is 2. The summed E-state index contributed by atoms with van der Waals surface area (Å²) in [5.74, 6) is 0.338. The summed E-state index contributed by atoms with van der Waals surface area (Å²) in [6.07, 6.45) is 1.95. The van der Waals surface area contributed by atoms with Crippen LogP contribution in [0.5, 0.6) is 0 Å². The number of aromatic nitrogens is 1. The van der Waals surface area contributed by atoms with Crippen LogP contribution in [-0.2, 0) is 16.0 Å². The van der Waals surface area contributed by atoms with Gasteiger partial charge in [-0.25, -0.2) is 4.98 Å². The quantitative estimate of drug-likeness (QED) is 0.730. The second-order valence-electron chi connectivity index (χ2n) is 8.61. The van der Waals surface area contributed by atoms with Crippen molar-refractivity contribution in [2.75, 3.05) is 18.0 Å². The van der Waals surface area contributed by atoms with Gasteiger partial charge in [0, 0.05) is 38.2 Å². The molecule has 0 radical (unpaired) electrons. The SMILES string of the molecule is CC(=O)N[C@H](Cc1cccc(C)c1)C(=O)NC1CCN(c2nc(C)cc(C)c2C#N)CC1. The fourth-order valence-corrected chi connectivity index (χ4v) is 4.25. The summed E-state index contributed by atoms with van der Waals surface area (Å²) in [5.41, 5.74) is 4.56. The molecule has 0 spiro atoms. The number of nitrogens with zero attached hydrogens (tertiary/aromatic N) is 3. The smallest absolute Gasteiger partial charge is 0.243 e. The van der Waals surface area contributed by atoms with Crippen molar-refractivity contribution in [2.45, 2.75) is 59.0 Å². The average molecular weight is 434 g/mol. The largest absolute Gasteiger partial charge is 0.355 e. The number of amides is 2. The van der Waals surface area contributed by atoms with Crippen LogP contribution in [0.25, 0.3) is 0 Å². The number of rotatable bonds is 6. The first-order valence-electron chi connectivity index (χ1n) is 11.0. The third kappa shape index (κ3) is 5.85. The molecule has 1 aliphatic rings. The summed E-state index contributed by atoms with van der Waals surface area (Å²) in [4.78, 5) is 31.4. The summed E-state index contributed by atoms with van der Waals surface area (Å²) < 4.78 is 0. The Hall–Kier alpha value is -3.40. The van der Waals surface area contributed by atoms with E-state index in [1.54, 1.807) is 0 Å². The Morgan fingerprint density at radius 3 is 2.56 bits per heavy atom. The maximum atomic E-state index is 13.0. The second-order valence-corrected chi connectivity index (χ2v) is 8.61. The molecule has 2 heterocycles. The number of piperidine rings is 1. The lowest BCUT2D eigenvalue weighted by Crippen LogP contribution is -2.52. The third-order valence-electron chi connectivity index (χ3n) is 5.79. The first kappa shape index (κ1) is 23.3. The van der Waals surface area contributed by atoms with Gasteiger partial charge < -0.3 is 15.5 Å². The molecule has 7 nitrogen and oxygen atoms in total. The second kappa shape index (κ2) is 10.3. The van der Waals surface area contributed by atoms with Gasteiger partial charge in [0.2, 0.25) is 11.8 Å². The van der Waals surface area contributed by atoms with E-state index >= 15 is 0 Å². The molecule has 1 fully saturated rings. The highest BCUT2D eigenvalue weighted by molar-refractivity contribution is 5.87. The van der Waals surface area contributed by atoms with Crippen molar-refractivity contribution in [3.8, 4) is 6.07 Å². The van der Waals surface area contributed by atoms with Gasteiger partial charge in [0.15, 0.2) is 0 Å². The van der Waals surface area contributed by atoms with E-state index in [1.165, 1.54) is 6.92 Å². The molecular weight excluding hydrogens is 402 g/mol. The Morgan fingerprint density at radius 1 is 1.22 bits per heavy atom. The molecule has 0 aliphatic carbocycles. The molecule has 1 aromatic carbocycles. The van der Waals surface area contributed by atoms with Gasteiger partial charge in [-0.3, -0.25) is 9.59 Å². The van der Waals surface area contributed by atoms with E-state index < -0.39 is 6.04 Å². The Morgan fingerprint density at radius 2 is 1.94 bits per heavy atom. The van der Waals surface area contributed by atoms with E-state index in [2.05, 4.69) is 26.6 Å². The summed E-state index contributed by atoms with van der Waals surface area (Å²) in [7, 11) is 0. The molecule has 1 aromatic heterocycles. The molecule has 168 valence electrons. The molecule has 1 atom stereocenters. The van der Waals surface area contributed by atoms with Gasteiger partial charge in [0.1, 0.15) is 17.9 Å². The average Bonchev–Trinajstić information content (AvgIpc) is 2.73. The van der Waals surface area contributed by atoms with E-state index in [0.717, 1.165) is 41.0 Å². The maximum absolute atomic E-state index is 13.0. The van der Waals surface area contributed by atoms with Gasteiger partial charge >= 0.3 is 0 Å². The summed E-state index contributed by atoms with van der Waals surface area (Å²) >= 11 is 0. The Bertz CT molecular complexity index is 1040. The van der Waals surface area contributed by atoms with Crippen molar-refractivity contribution in [2.24, 2.45) is 0 Å². The highest BCUT2D eigenvalue weighted by Crippen LogP contribution is 2.25. The molecule has 2 aromatic rings. The topological polar surface area (TPSA) is 98.1 Å². The van der Waals surface area contributed by atoms with Gasteiger partial charge in [-0.2, -0.15) is 5.26 Å². The van der Waals surface area contributed by atoms with E-state index in [1.807, 2.05) is 51.1 Å². The molecule has 0 bridgehead atoms. The number of benzene rings is 1. The van der Waals surface area contributed by atoms with Crippen molar-refractivity contribution in [3.05, 3.63) is 58.3 Å². The molecule has 0 saturated carbocycles. The summed E-state index contributed by atoms with van der Waals surface area (Å²) in [6, 6.07) is 11.6. The van der Waals surface area contributed by atoms with E-state index in [9.17, 15) is 14.9 Å². The molecule has 1 saturated heterocycles. The molecule has 0 unspecified atom stereocenters. The fraction of sp³-hybridized carbons (Fsp3) is 0.440. The van der Waals surface area contributed by atoms with Crippen molar-refractivity contribution < 1.29 is 9.59 Å². The normalized spacial score (nSPS) is 15.0. The zero-order chi connectivity index (χ0) is 23.3. The standard InChI is InChI=1S/C25H31N5O2/c1-16-6-5-7-20(12-16)14-23(28-19(4)31)25(32)29-21-8-10-30(11-9-21)24-22(15-26)17(2)13-18(3)27-24/h5-7,12-13,21,23H,8-11,14H2,1-4H3,(H,28,31)(H,29,32)/t23-/m1/s1. The van der Waals surface area contributed by atoms with Gasteiger partial charge in [-0.05, 0) is 50.8 Å². The number of anilines is 1. The highest BCUT2D eigenvalue weighted by Gasteiger charge is 2.27. The molecule has 1 aliphatic heterocycles. The Labute approximate surface area is 189 Å². The summed E-state index contributed by atoms with van der Waals surface area (Å²) in [5, 5.41) is 15.5. The number of hydrogen-bond donors (Lipinski definition) is 2. The monoisotopic (exact) mass is 433 g/mol. The van der Waals surface area contributed by atoms with Crippen LogP contribution in [0.2, 0.25) is 0 Å². The van der Waals surface area contributed by atoms with E-state index in [-0.39, 0.29) is 17.9 Å². The van der Waals surface area contributed by atoms with Gasteiger partial charge in [-0.15, -0.1) is 0 Å². The fourth-order valence-electron chi connectivity index (χ4n) is 4.25. The predicted octanol–water partition coefficient (Wildman–Crippen LogP) is 2.71. The number of nitriles is 1. The van der Waals surface area contributed by atoms with Gasteiger partial charge in [0.05, 0.1) is 5.56 Å². The number of carbonyl (C=O) groups excluding carboxylic acids is 2. The number of pyridine rings is 1. The Balaban J connectivity index is 1.63. The minimum Gasteiger partial charge on any atom is -0.355 e. The van der Waals surface area contributed by atoms with Crippen LogP contribution >= 0.6 is 0 Å². The predicted molar refractivity (Wildman–Crippen MR) is 124 cm³/mol. The first-order chi connectivity index (χ1) is 15.3. The lowest BCUT2D eigenvalue weighted by atomic mass is 10.0. The highest BCUT2D eigenvalue weighted by atomic mass is 16.2. The minimum atomic E-state index is -0.612. The van der Waals surface area contributed by atoms with Crippen LogP contribution in [-0.4, -0.2) is 42.0 Å². The molecular formula is C25H31N5O2. The number of hydrogen-bond acceptors (Lipinski definition) is 5. The zero-order valence-corrected chi connectivity index (χ0v) is 19.2. The van der Waals surface area contributed by atoms with Crippen LogP contribution in [0, 0.1) is 32.1 Å². The van der Waals surface area contributed by atoms with Crippen LogP contribution in [0.1, 0.15) is 47.7 Å². The number of nitrogens with one attached hydrogen (secondary N) is 2. The van der Waals surface area contributed by atoms with Crippen LogP contribution < -0.4 is 15.5 Å². The zero-order valence-electron chi connectivity index (χ0n) is 19.2. The van der Waals surface area contributed by atoms with Crippen LogP contribution in [0.15, 0.2) is 30.3 Å². The van der Waals surface area contributed by atoms with Crippen LogP contribution in [0.4, 0.5) is 5.82 Å². The van der Waals surface area contributed by atoms with Crippen molar-refractivity contribution in [1.82, 2.24) is 15.6 Å². The van der Waals surface area contributed by atoms with Crippen molar-refractivity contribution in [1.29, 1.82) is 5.26 Å². The van der Waals surface area contributed by atoms with Gasteiger partial charge in [-0.1, -0.05) is 29.8 Å². The van der Waals surface area contributed by atoms with E-state index in [4.69, 9.17) is 0 Å². The maximum Gasteiger partial charge on any atom is 0.243 e. The molecule has 3 rings (SSSR count). The summed E-state index contributed by atoms with van der Waals surface area (Å²) in [6.45, 7) is 8.71. The lowest BCUT2D eigenvalue weighted by molar-refractivity contribution is -0.128. The van der Waals surface area contributed by atoms with E-state index in [0.29, 0.717) is 25.1 Å². The van der Waals surface area contributed by atoms with Crippen molar-refractivity contribution >= 4 is 17.6 Å². The van der Waals surface area contributed by atoms with Crippen LogP contribution in [0.3, 0.4) is 0 Å². The molecule has 7 heteroatoms. The molecule has 32 heavy (non-hydrogen) atoms. The minimum absolute atomic E-state index is 0.0176. The Kier molecular flexibility index (Phi) is 7.47. The first-order valence-corrected chi connectivity index (χ1v) is 11.0. The number of aryl methyl sites for hydroxylation is 3. The van der Waals surface area contributed by atoms with Gasteiger partial charge in [0.25, 0.3) is 0 Å². The molecule has 2 amide bonds.